The predicted octanol–water partition coefficient (Wildman–Crippen LogP) is 3.35. The van der Waals surface area contributed by atoms with Crippen molar-refractivity contribution in [3.8, 4) is 0 Å². The highest BCUT2D eigenvalue weighted by Crippen LogP contribution is 2.25. The quantitative estimate of drug-likeness (QED) is 0.764. The van der Waals surface area contributed by atoms with Crippen LogP contribution in [0.3, 0.4) is 0 Å². The van der Waals surface area contributed by atoms with E-state index in [9.17, 15) is 4.79 Å². The van der Waals surface area contributed by atoms with E-state index in [0.717, 1.165) is 37.1 Å². The van der Waals surface area contributed by atoms with Gasteiger partial charge in [0, 0.05) is 18.7 Å². The standard InChI is InChI=1S/C15H21NO/c1-11(2)13-8-6-7-12(3)14(13)15(17)16-9-4-5-10-16/h6-8,11H,4-5,9-10H2,1-3H3. The van der Waals surface area contributed by atoms with Crippen LogP contribution in [-0.2, 0) is 0 Å². The molecular weight excluding hydrogens is 210 g/mol. The summed E-state index contributed by atoms with van der Waals surface area (Å²) in [6.45, 7) is 8.18. The summed E-state index contributed by atoms with van der Waals surface area (Å²) in [5.41, 5.74) is 3.22. The van der Waals surface area contributed by atoms with Gasteiger partial charge < -0.3 is 4.90 Å². The predicted molar refractivity (Wildman–Crippen MR) is 70.4 cm³/mol. The summed E-state index contributed by atoms with van der Waals surface area (Å²) >= 11 is 0. The number of carbonyl (C=O) groups excluding carboxylic acids is 1. The second kappa shape index (κ2) is 4.91. The number of carbonyl (C=O) groups is 1. The number of benzene rings is 1. The lowest BCUT2D eigenvalue weighted by Gasteiger charge is -2.20. The third kappa shape index (κ3) is 2.36. The molecule has 2 rings (SSSR count). The third-order valence-corrected chi connectivity index (χ3v) is 3.53. The van der Waals surface area contributed by atoms with E-state index in [1.807, 2.05) is 24.0 Å². The van der Waals surface area contributed by atoms with E-state index in [1.165, 1.54) is 5.56 Å². The highest BCUT2D eigenvalue weighted by atomic mass is 16.2. The number of aryl methyl sites for hydroxylation is 1. The van der Waals surface area contributed by atoms with Crippen molar-refractivity contribution in [2.24, 2.45) is 0 Å². The average molecular weight is 231 g/mol. The van der Waals surface area contributed by atoms with Crippen molar-refractivity contribution < 1.29 is 4.79 Å². The van der Waals surface area contributed by atoms with Crippen LogP contribution < -0.4 is 0 Å². The van der Waals surface area contributed by atoms with E-state index in [4.69, 9.17) is 0 Å². The Morgan fingerprint density at radius 2 is 1.88 bits per heavy atom. The lowest BCUT2D eigenvalue weighted by Crippen LogP contribution is -2.29. The third-order valence-electron chi connectivity index (χ3n) is 3.53. The van der Waals surface area contributed by atoms with Gasteiger partial charge in [0.2, 0.25) is 0 Å². The largest absolute Gasteiger partial charge is 0.339 e. The molecule has 0 aliphatic carbocycles. The zero-order chi connectivity index (χ0) is 12.4. The maximum atomic E-state index is 12.5. The summed E-state index contributed by atoms with van der Waals surface area (Å²) in [6, 6.07) is 6.17. The van der Waals surface area contributed by atoms with Gasteiger partial charge in [0.1, 0.15) is 0 Å². The summed E-state index contributed by atoms with van der Waals surface area (Å²) in [6.07, 6.45) is 2.29. The molecule has 2 nitrogen and oxygen atoms in total. The smallest absolute Gasteiger partial charge is 0.254 e. The monoisotopic (exact) mass is 231 g/mol. The van der Waals surface area contributed by atoms with Crippen LogP contribution in [0, 0.1) is 6.92 Å². The first-order valence-electron chi connectivity index (χ1n) is 6.50. The topological polar surface area (TPSA) is 20.3 Å². The molecule has 1 aromatic rings. The summed E-state index contributed by atoms with van der Waals surface area (Å²) in [4.78, 5) is 14.5. The highest BCUT2D eigenvalue weighted by molar-refractivity contribution is 5.97. The molecule has 0 aromatic heterocycles. The van der Waals surface area contributed by atoms with E-state index < -0.39 is 0 Å². The Labute approximate surface area is 104 Å². The molecule has 1 saturated heterocycles. The van der Waals surface area contributed by atoms with Crippen LogP contribution >= 0.6 is 0 Å². The van der Waals surface area contributed by atoms with E-state index in [0.29, 0.717) is 5.92 Å². The Balaban J connectivity index is 2.39. The molecule has 2 heteroatoms. The van der Waals surface area contributed by atoms with Crippen LogP contribution in [0.15, 0.2) is 18.2 Å². The van der Waals surface area contributed by atoms with Gasteiger partial charge in [-0.15, -0.1) is 0 Å². The molecular formula is C15H21NO. The summed E-state index contributed by atoms with van der Waals surface area (Å²) in [5.74, 6) is 0.626. The first-order chi connectivity index (χ1) is 8.11. The first kappa shape index (κ1) is 12.2. The van der Waals surface area contributed by atoms with Crippen molar-refractivity contribution in [3.63, 3.8) is 0 Å². The molecule has 0 unspecified atom stereocenters. The first-order valence-corrected chi connectivity index (χ1v) is 6.50. The van der Waals surface area contributed by atoms with Crippen molar-refractivity contribution >= 4 is 5.91 Å². The molecule has 0 saturated carbocycles. The Morgan fingerprint density at radius 1 is 1.24 bits per heavy atom. The molecule has 0 N–H and O–H groups in total. The zero-order valence-electron chi connectivity index (χ0n) is 11.0. The molecule has 1 heterocycles. The van der Waals surface area contributed by atoms with Crippen molar-refractivity contribution in [2.45, 2.75) is 39.5 Å². The van der Waals surface area contributed by atoms with E-state index >= 15 is 0 Å². The summed E-state index contributed by atoms with van der Waals surface area (Å²) in [5, 5.41) is 0. The lowest BCUT2D eigenvalue weighted by atomic mass is 9.93. The maximum Gasteiger partial charge on any atom is 0.254 e. The molecule has 1 amide bonds. The van der Waals surface area contributed by atoms with Crippen LogP contribution in [0.2, 0.25) is 0 Å². The number of likely N-dealkylation sites (tertiary alicyclic amines) is 1. The van der Waals surface area contributed by atoms with E-state index in [-0.39, 0.29) is 5.91 Å². The van der Waals surface area contributed by atoms with Crippen LogP contribution in [0.4, 0.5) is 0 Å². The second-order valence-electron chi connectivity index (χ2n) is 5.19. The number of amides is 1. The molecule has 0 atom stereocenters. The molecule has 0 bridgehead atoms. The number of nitrogens with zero attached hydrogens (tertiary/aromatic N) is 1. The van der Waals surface area contributed by atoms with Gasteiger partial charge in [-0.25, -0.2) is 0 Å². The zero-order valence-corrected chi connectivity index (χ0v) is 11.0. The Bertz CT molecular complexity index is 417. The number of hydrogen-bond acceptors (Lipinski definition) is 1. The molecule has 92 valence electrons. The Morgan fingerprint density at radius 3 is 2.47 bits per heavy atom. The van der Waals surface area contributed by atoms with Gasteiger partial charge in [-0.05, 0) is 36.8 Å². The van der Waals surface area contributed by atoms with Gasteiger partial charge in [-0.3, -0.25) is 4.79 Å². The van der Waals surface area contributed by atoms with Gasteiger partial charge in [-0.1, -0.05) is 32.0 Å². The van der Waals surface area contributed by atoms with Crippen LogP contribution in [0.5, 0.6) is 0 Å². The maximum absolute atomic E-state index is 12.5. The fourth-order valence-corrected chi connectivity index (χ4v) is 2.54. The molecule has 1 fully saturated rings. The van der Waals surface area contributed by atoms with E-state index in [2.05, 4.69) is 19.9 Å². The van der Waals surface area contributed by atoms with Gasteiger partial charge >= 0.3 is 0 Å². The van der Waals surface area contributed by atoms with E-state index in [1.54, 1.807) is 0 Å². The molecule has 1 aromatic carbocycles. The highest BCUT2D eigenvalue weighted by Gasteiger charge is 2.23. The molecule has 1 aliphatic heterocycles. The average Bonchev–Trinajstić information content (AvgIpc) is 2.81. The van der Waals surface area contributed by atoms with Gasteiger partial charge in [0.25, 0.3) is 5.91 Å². The molecule has 0 spiro atoms. The van der Waals surface area contributed by atoms with Crippen LogP contribution in [0.1, 0.15) is 54.1 Å². The fourth-order valence-electron chi connectivity index (χ4n) is 2.54. The van der Waals surface area contributed by atoms with Crippen molar-refractivity contribution in [2.75, 3.05) is 13.1 Å². The normalized spacial score (nSPS) is 15.6. The van der Waals surface area contributed by atoms with Crippen molar-refractivity contribution in [1.29, 1.82) is 0 Å². The van der Waals surface area contributed by atoms with Crippen molar-refractivity contribution in [3.05, 3.63) is 34.9 Å². The minimum absolute atomic E-state index is 0.226. The molecule has 1 aliphatic rings. The van der Waals surface area contributed by atoms with Gasteiger partial charge in [-0.2, -0.15) is 0 Å². The number of rotatable bonds is 2. The summed E-state index contributed by atoms with van der Waals surface area (Å²) in [7, 11) is 0. The lowest BCUT2D eigenvalue weighted by molar-refractivity contribution is 0.0790. The SMILES string of the molecule is Cc1cccc(C(C)C)c1C(=O)N1CCCC1. The van der Waals surface area contributed by atoms with Gasteiger partial charge in [0.15, 0.2) is 0 Å². The Hall–Kier alpha value is -1.31. The van der Waals surface area contributed by atoms with Gasteiger partial charge in [0.05, 0.1) is 0 Å². The second-order valence-corrected chi connectivity index (χ2v) is 5.19. The molecule has 0 radical (unpaired) electrons. The summed E-state index contributed by atoms with van der Waals surface area (Å²) < 4.78 is 0. The van der Waals surface area contributed by atoms with Crippen molar-refractivity contribution in [1.82, 2.24) is 4.90 Å². The molecule has 17 heavy (non-hydrogen) atoms. The Kier molecular flexibility index (Phi) is 3.51. The minimum Gasteiger partial charge on any atom is -0.339 e. The fraction of sp³-hybridized carbons (Fsp3) is 0.533. The van der Waals surface area contributed by atoms with Crippen LogP contribution in [-0.4, -0.2) is 23.9 Å². The minimum atomic E-state index is 0.226. The van der Waals surface area contributed by atoms with Crippen LogP contribution in [0.25, 0.3) is 0 Å². The number of hydrogen-bond donors (Lipinski definition) is 0.